The van der Waals surface area contributed by atoms with Crippen molar-refractivity contribution in [3.05, 3.63) is 118 Å². The smallest absolute Gasteiger partial charge is 0.202 e. The van der Waals surface area contributed by atoms with Crippen molar-refractivity contribution in [3.63, 3.8) is 0 Å². The number of hydrogen-bond donors (Lipinski definition) is 0. The quantitative estimate of drug-likeness (QED) is 0.195. The standard InChI is InChI=1S/C31H17N5/c1-18-11-6-7-12-20(18)21-13-8-9-14-22(21)25-19(2)28-23(15-10-16-36-28)26-24(17-32)29(33-3)31(35-5)30(34-4)27(25)26/h6-16H,1-2H3. The highest BCUT2D eigenvalue weighted by atomic mass is 14.8. The molecule has 0 aliphatic heterocycles. The van der Waals surface area contributed by atoms with E-state index >= 15 is 0 Å². The van der Waals surface area contributed by atoms with Gasteiger partial charge in [0.15, 0.2) is 5.69 Å². The molecular weight excluding hydrogens is 442 g/mol. The average Bonchev–Trinajstić information content (AvgIpc) is 2.92. The van der Waals surface area contributed by atoms with E-state index < -0.39 is 0 Å². The summed E-state index contributed by atoms with van der Waals surface area (Å²) in [5.74, 6) is 0. The van der Waals surface area contributed by atoms with Crippen LogP contribution in [0.3, 0.4) is 0 Å². The van der Waals surface area contributed by atoms with Gasteiger partial charge in [-0.15, -0.1) is 0 Å². The topological polar surface area (TPSA) is 49.8 Å². The van der Waals surface area contributed by atoms with Gasteiger partial charge in [0.25, 0.3) is 0 Å². The van der Waals surface area contributed by atoms with Crippen LogP contribution in [0.25, 0.3) is 58.5 Å². The Hall–Kier alpha value is -5.49. The largest absolute Gasteiger partial charge is 0.262 e. The fourth-order valence-corrected chi connectivity index (χ4v) is 5.02. The second-order valence-electron chi connectivity index (χ2n) is 8.38. The third kappa shape index (κ3) is 3.09. The number of fused-ring (bicyclic) bond motifs is 3. The molecule has 0 amide bonds. The fraction of sp³-hybridized carbons (Fsp3) is 0.0645. The molecule has 0 radical (unpaired) electrons. The highest BCUT2D eigenvalue weighted by Gasteiger charge is 2.27. The van der Waals surface area contributed by atoms with Crippen molar-refractivity contribution in [3.8, 4) is 28.3 Å². The second kappa shape index (κ2) is 8.70. The van der Waals surface area contributed by atoms with Gasteiger partial charge in [-0.05, 0) is 64.1 Å². The molecule has 5 aromatic rings. The van der Waals surface area contributed by atoms with E-state index in [4.69, 9.17) is 19.7 Å². The summed E-state index contributed by atoms with van der Waals surface area (Å²) in [5.41, 5.74) is 6.32. The number of rotatable bonds is 2. The first-order valence-electron chi connectivity index (χ1n) is 11.2. The maximum absolute atomic E-state index is 10.2. The van der Waals surface area contributed by atoms with Crippen molar-refractivity contribution in [1.82, 2.24) is 4.98 Å². The fourth-order valence-electron chi connectivity index (χ4n) is 5.02. The Kier molecular flexibility index (Phi) is 5.39. The van der Waals surface area contributed by atoms with Crippen LogP contribution in [-0.4, -0.2) is 4.98 Å². The van der Waals surface area contributed by atoms with Crippen LogP contribution in [0.1, 0.15) is 16.7 Å². The number of aromatic nitrogens is 1. The molecule has 0 unspecified atom stereocenters. The zero-order valence-corrected chi connectivity index (χ0v) is 19.6. The summed E-state index contributed by atoms with van der Waals surface area (Å²) in [5, 5.41) is 11.9. The Morgan fingerprint density at radius 3 is 2.00 bits per heavy atom. The molecule has 166 valence electrons. The number of benzene rings is 4. The number of nitriles is 1. The Morgan fingerprint density at radius 1 is 0.722 bits per heavy atom. The van der Waals surface area contributed by atoms with Gasteiger partial charge in [0, 0.05) is 11.6 Å². The molecule has 36 heavy (non-hydrogen) atoms. The van der Waals surface area contributed by atoms with E-state index in [-0.39, 0.29) is 22.6 Å². The van der Waals surface area contributed by atoms with Gasteiger partial charge in [-0.25, -0.2) is 0 Å². The lowest BCUT2D eigenvalue weighted by Crippen LogP contribution is -1.97. The zero-order valence-electron chi connectivity index (χ0n) is 19.6. The summed E-state index contributed by atoms with van der Waals surface area (Å²) in [6.07, 6.45) is 1.70. The molecule has 5 heteroatoms. The van der Waals surface area contributed by atoms with Crippen LogP contribution in [0.15, 0.2) is 66.9 Å². The molecule has 0 saturated heterocycles. The van der Waals surface area contributed by atoms with E-state index in [1.165, 1.54) is 0 Å². The second-order valence-corrected chi connectivity index (χ2v) is 8.38. The zero-order chi connectivity index (χ0) is 25.4. The summed E-state index contributed by atoms with van der Waals surface area (Å²) in [6, 6.07) is 21.9. The maximum Gasteiger partial charge on any atom is 0.202 e. The van der Waals surface area contributed by atoms with Crippen LogP contribution in [0.5, 0.6) is 0 Å². The lowest BCUT2D eigenvalue weighted by Gasteiger charge is -2.21. The third-order valence-corrected chi connectivity index (χ3v) is 6.56. The van der Waals surface area contributed by atoms with E-state index in [1.54, 1.807) is 12.3 Å². The van der Waals surface area contributed by atoms with E-state index in [1.807, 2.05) is 49.4 Å². The molecule has 0 bridgehead atoms. The predicted octanol–water partition coefficient (Wildman–Crippen LogP) is 8.86. The van der Waals surface area contributed by atoms with Gasteiger partial charge in [-0.1, -0.05) is 54.6 Å². The van der Waals surface area contributed by atoms with E-state index in [0.717, 1.165) is 33.4 Å². The lowest BCUT2D eigenvalue weighted by molar-refractivity contribution is 1.37. The monoisotopic (exact) mass is 459 g/mol. The first-order chi connectivity index (χ1) is 17.6. The number of pyridine rings is 1. The Bertz CT molecular complexity index is 1900. The minimum absolute atomic E-state index is 0.0821. The molecular formula is C31H17N5. The molecule has 1 heterocycles. The van der Waals surface area contributed by atoms with Crippen molar-refractivity contribution in [2.45, 2.75) is 13.8 Å². The molecule has 0 fully saturated rings. The Labute approximate surface area is 209 Å². The molecule has 1 aromatic heterocycles. The average molecular weight is 460 g/mol. The van der Waals surface area contributed by atoms with Crippen molar-refractivity contribution in [1.29, 1.82) is 5.26 Å². The molecule has 0 N–H and O–H groups in total. The normalized spacial score (nSPS) is 10.4. The lowest BCUT2D eigenvalue weighted by atomic mass is 9.83. The van der Waals surface area contributed by atoms with E-state index in [0.29, 0.717) is 21.7 Å². The number of nitrogens with zero attached hydrogens (tertiary/aromatic N) is 5. The molecule has 0 spiro atoms. The van der Waals surface area contributed by atoms with Gasteiger partial charge in [0.05, 0.1) is 36.9 Å². The van der Waals surface area contributed by atoms with Crippen LogP contribution in [0.2, 0.25) is 0 Å². The summed E-state index contributed by atoms with van der Waals surface area (Å²) in [4.78, 5) is 15.5. The first-order valence-corrected chi connectivity index (χ1v) is 11.2. The molecule has 0 saturated carbocycles. The predicted molar refractivity (Wildman–Crippen MR) is 143 cm³/mol. The molecule has 0 aliphatic rings. The van der Waals surface area contributed by atoms with Gasteiger partial charge in [-0.2, -0.15) is 5.26 Å². The SMILES string of the molecule is [C-]#[N+]c1c([N+]#[C-])c(C#N)c2c(c1[N+]#[C-])c(-c1ccccc1-c1ccccc1C)c(C)c1ncccc12. The van der Waals surface area contributed by atoms with Crippen LogP contribution in [-0.2, 0) is 0 Å². The van der Waals surface area contributed by atoms with Crippen LogP contribution >= 0.6 is 0 Å². The third-order valence-electron chi connectivity index (χ3n) is 6.56. The first kappa shape index (κ1) is 22.3. The highest BCUT2D eigenvalue weighted by Crippen LogP contribution is 2.53. The van der Waals surface area contributed by atoms with Crippen molar-refractivity contribution in [2.24, 2.45) is 0 Å². The van der Waals surface area contributed by atoms with Crippen molar-refractivity contribution < 1.29 is 0 Å². The summed E-state index contributed by atoms with van der Waals surface area (Å²) in [7, 11) is 0. The van der Waals surface area contributed by atoms with E-state index in [2.05, 4.69) is 44.6 Å². The minimum Gasteiger partial charge on any atom is -0.262 e. The molecule has 0 aliphatic carbocycles. The summed E-state index contributed by atoms with van der Waals surface area (Å²) in [6.45, 7) is 27.6. The molecule has 0 atom stereocenters. The molecule has 4 aromatic carbocycles. The highest BCUT2D eigenvalue weighted by molar-refractivity contribution is 6.26. The molecule has 5 nitrogen and oxygen atoms in total. The number of aryl methyl sites for hydroxylation is 2. The summed E-state index contributed by atoms with van der Waals surface area (Å²) >= 11 is 0. The Morgan fingerprint density at radius 2 is 1.36 bits per heavy atom. The van der Waals surface area contributed by atoms with Gasteiger partial charge < -0.3 is 0 Å². The molecule has 5 rings (SSSR count). The summed E-state index contributed by atoms with van der Waals surface area (Å²) < 4.78 is 0. The van der Waals surface area contributed by atoms with Crippen LogP contribution in [0.4, 0.5) is 17.1 Å². The number of hydrogen-bond acceptors (Lipinski definition) is 2. The van der Waals surface area contributed by atoms with Gasteiger partial charge >= 0.3 is 0 Å². The van der Waals surface area contributed by atoms with Crippen molar-refractivity contribution >= 4 is 38.7 Å². The van der Waals surface area contributed by atoms with Crippen LogP contribution in [0, 0.1) is 44.9 Å². The maximum atomic E-state index is 10.2. The van der Waals surface area contributed by atoms with Gasteiger partial charge in [0.2, 0.25) is 11.4 Å². The minimum atomic E-state index is -0.0851. The van der Waals surface area contributed by atoms with Gasteiger partial charge in [0.1, 0.15) is 0 Å². The van der Waals surface area contributed by atoms with Crippen LogP contribution < -0.4 is 0 Å². The van der Waals surface area contributed by atoms with Crippen molar-refractivity contribution in [2.75, 3.05) is 0 Å². The van der Waals surface area contributed by atoms with Gasteiger partial charge in [-0.3, -0.25) is 19.5 Å². The van der Waals surface area contributed by atoms with E-state index in [9.17, 15) is 5.26 Å². The Balaban J connectivity index is 2.14.